The van der Waals surface area contributed by atoms with E-state index in [4.69, 9.17) is 14.5 Å². The van der Waals surface area contributed by atoms with Gasteiger partial charge in [-0.2, -0.15) is 0 Å². The van der Waals surface area contributed by atoms with E-state index in [9.17, 15) is 0 Å². The second-order valence-electron chi connectivity index (χ2n) is 11.2. The van der Waals surface area contributed by atoms with Crippen molar-refractivity contribution in [3.8, 4) is 22.9 Å². The first-order valence-corrected chi connectivity index (χ1v) is 14.8. The van der Waals surface area contributed by atoms with E-state index in [1.807, 2.05) is 54.6 Å². The quantitative estimate of drug-likeness (QED) is 0.230. The van der Waals surface area contributed by atoms with Gasteiger partial charge in [-0.05, 0) is 68.0 Å². The molecular formula is C34H39N3O3. The van der Waals surface area contributed by atoms with Crippen molar-refractivity contribution in [1.82, 2.24) is 9.55 Å². The van der Waals surface area contributed by atoms with Crippen LogP contribution in [0.3, 0.4) is 0 Å². The molecule has 2 aliphatic carbocycles. The maximum absolute atomic E-state index is 15.1. The zero-order valence-corrected chi connectivity index (χ0v) is 23.6. The summed E-state index contributed by atoms with van der Waals surface area (Å²) in [5.74, 6) is 2.59. The number of ether oxygens (including phenoxy) is 2. The second kappa shape index (κ2) is 11.7. The zero-order chi connectivity index (χ0) is 27.5. The Morgan fingerprint density at radius 2 is 1.55 bits per heavy atom. The molecular weight excluding hydrogens is 498 g/mol. The topological polar surface area (TPSA) is 56.6 Å². The molecule has 2 aliphatic rings. The second-order valence-corrected chi connectivity index (χ2v) is 11.2. The van der Waals surface area contributed by atoms with Crippen molar-refractivity contribution >= 4 is 22.6 Å². The van der Waals surface area contributed by atoms with Crippen molar-refractivity contribution in [2.75, 3.05) is 19.1 Å². The molecule has 4 aromatic rings. The Morgan fingerprint density at radius 1 is 0.850 bits per heavy atom. The number of carbonyl (C=O) groups is 1. The average Bonchev–Trinajstić information content (AvgIpc) is 3.67. The number of aromatic nitrogens is 2. The lowest BCUT2D eigenvalue weighted by atomic mass is 9.90. The largest absolute Gasteiger partial charge is 0.497 e. The molecule has 6 nitrogen and oxygen atoms in total. The van der Waals surface area contributed by atoms with Crippen molar-refractivity contribution in [2.24, 2.45) is 5.92 Å². The number of methoxy groups -OCH3 is 2. The normalized spacial score (nSPS) is 17.1. The summed E-state index contributed by atoms with van der Waals surface area (Å²) in [4.78, 5) is 22.4. The van der Waals surface area contributed by atoms with Gasteiger partial charge in [0.1, 0.15) is 23.4 Å². The summed E-state index contributed by atoms with van der Waals surface area (Å²) in [7, 11) is 3.33. The Hall–Kier alpha value is -3.80. The van der Waals surface area contributed by atoms with Crippen molar-refractivity contribution in [1.29, 1.82) is 0 Å². The molecule has 40 heavy (non-hydrogen) atoms. The molecule has 0 aliphatic heterocycles. The third kappa shape index (κ3) is 4.96. The summed E-state index contributed by atoms with van der Waals surface area (Å²) in [5.41, 5.74) is 3.72. The minimum Gasteiger partial charge on any atom is -0.497 e. The summed E-state index contributed by atoms with van der Waals surface area (Å²) in [6, 6.07) is 24.2. The predicted octanol–water partition coefficient (Wildman–Crippen LogP) is 7.82. The minimum absolute atomic E-state index is 0.182. The number of amides is 1. The Bertz CT molecular complexity index is 1450. The Morgan fingerprint density at radius 3 is 2.27 bits per heavy atom. The van der Waals surface area contributed by atoms with Gasteiger partial charge in [-0.3, -0.25) is 4.79 Å². The van der Waals surface area contributed by atoms with Gasteiger partial charge >= 0.3 is 0 Å². The third-order valence-corrected chi connectivity index (χ3v) is 8.83. The molecule has 0 bridgehead atoms. The van der Waals surface area contributed by atoms with Gasteiger partial charge in [0, 0.05) is 17.8 Å². The number of anilines is 1. The highest BCUT2D eigenvalue weighted by Gasteiger charge is 2.40. The monoisotopic (exact) mass is 537 g/mol. The molecule has 1 heterocycles. The first kappa shape index (κ1) is 26.4. The molecule has 1 amide bonds. The highest BCUT2D eigenvalue weighted by Crippen LogP contribution is 2.43. The van der Waals surface area contributed by atoms with E-state index in [2.05, 4.69) is 27.7 Å². The maximum Gasteiger partial charge on any atom is 0.250 e. The summed E-state index contributed by atoms with van der Waals surface area (Å²) in [6.45, 7) is 0. The molecule has 2 fully saturated rings. The fourth-order valence-corrected chi connectivity index (χ4v) is 6.88. The van der Waals surface area contributed by atoms with Gasteiger partial charge in [-0.25, -0.2) is 4.98 Å². The molecule has 6 heteroatoms. The molecule has 0 spiro atoms. The number of fused-ring (bicyclic) bond motifs is 1. The van der Waals surface area contributed by atoms with Crippen LogP contribution in [0.25, 0.3) is 22.4 Å². The van der Waals surface area contributed by atoms with Gasteiger partial charge in [0.25, 0.3) is 5.91 Å². The van der Waals surface area contributed by atoms with Crippen LogP contribution in [-0.4, -0.2) is 35.7 Å². The minimum atomic E-state index is -0.362. The fraction of sp³-hybridized carbons (Fsp3) is 0.412. The van der Waals surface area contributed by atoms with Crippen molar-refractivity contribution in [3.63, 3.8) is 0 Å². The molecule has 0 N–H and O–H groups in total. The molecule has 0 radical (unpaired) electrons. The van der Waals surface area contributed by atoms with E-state index in [1.165, 1.54) is 6.42 Å². The fourth-order valence-electron chi connectivity index (χ4n) is 6.88. The van der Waals surface area contributed by atoms with Crippen LogP contribution in [-0.2, 0) is 4.79 Å². The summed E-state index contributed by atoms with van der Waals surface area (Å²) in [5, 5.41) is 0. The number of imidazole rings is 1. The first-order valence-electron chi connectivity index (χ1n) is 14.8. The average molecular weight is 538 g/mol. The Kier molecular flexibility index (Phi) is 7.76. The van der Waals surface area contributed by atoms with Gasteiger partial charge < -0.3 is 18.9 Å². The van der Waals surface area contributed by atoms with Crippen LogP contribution in [0, 0.1) is 5.92 Å². The molecule has 1 aromatic heterocycles. The number of carbonyl (C=O) groups excluding carboxylic acids is 1. The Labute approximate surface area is 236 Å². The highest BCUT2D eigenvalue weighted by atomic mass is 16.5. The van der Waals surface area contributed by atoms with E-state index >= 15 is 4.79 Å². The lowest BCUT2D eigenvalue weighted by Gasteiger charge is -2.39. The van der Waals surface area contributed by atoms with E-state index in [0.29, 0.717) is 5.75 Å². The van der Waals surface area contributed by atoms with Crippen LogP contribution in [0.5, 0.6) is 11.5 Å². The number of nitrogens with zero attached hydrogens (tertiary/aromatic N) is 3. The van der Waals surface area contributed by atoms with Crippen molar-refractivity contribution in [2.45, 2.75) is 69.9 Å². The molecule has 2 saturated carbocycles. The summed E-state index contributed by atoms with van der Waals surface area (Å²) >= 11 is 0. The van der Waals surface area contributed by atoms with Crippen LogP contribution < -0.4 is 14.4 Å². The zero-order valence-electron chi connectivity index (χ0n) is 23.6. The number of para-hydroxylation sites is 3. The number of rotatable bonds is 8. The first-order chi connectivity index (χ1) is 19.7. The molecule has 6 rings (SSSR count). The van der Waals surface area contributed by atoms with Crippen molar-refractivity contribution in [3.05, 3.63) is 72.8 Å². The number of benzene rings is 3. The summed E-state index contributed by atoms with van der Waals surface area (Å²) < 4.78 is 13.6. The van der Waals surface area contributed by atoms with E-state index in [-0.39, 0.29) is 23.9 Å². The number of hydrogen-bond acceptors (Lipinski definition) is 4. The standard InChI is InChI=1S/C34H39N3O3/c1-39-27-21-22-28(31(23-27)40-2)33-35-29-19-11-12-20-30(29)37(33)32(24-13-9-10-14-24)34(38)36(25-15-5-3-6-16-25)26-17-7-4-8-18-26/h3,5-6,11-12,15-16,19-24,26,32H,4,7-10,13-14,17-18H2,1-2H3. The molecule has 3 aromatic carbocycles. The van der Waals surface area contributed by atoms with Crippen molar-refractivity contribution < 1.29 is 14.3 Å². The van der Waals surface area contributed by atoms with Gasteiger partial charge in [0.05, 0.1) is 30.8 Å². The van der Waals surface area contributed by atoms with Crippen LogP contribution in [0.1, 0.15) is 63.8 Å². The van der Waals surface area contributed by atoms with Crippen LogP contribution in [0.15, 0.2) is 72.8 Å². The maximum atomic E-state index is 15.1. The Balaban J connectivity index is 1.55. The lowest BCUT2D eigenvalue weighted by Crippen LogP contribution is -2.47. The summed E-state index contributed by atoms with van der Waals surface area (Å²) in [6.07, 6.45) is 10.0. The van der Waals surface area contributed by atoms with E-state index in [0.717, 1.165) is 85.2 Å². The lowest BCUT2D eigenvalue weighted by molar-refractivity contribution is -0.123. The molecule has 208 valence electrons. The highest BCUT2D eigenvalue weighted by molar-refractivity contribution is 5.99. The predicted molar refractivity (Wildman–Crippen MR) is 160 cm³/mol. The molecule has 1 unspecified atom stereocenters. The van der Waals surface area contributed by atoms with Gasteiger partial charge in [0.15, 0.2) is 0 Å². The third-order valence-electron chi connectivity index (χ3n) is 8.83. The van der Waals surface area contributed by atoms with E-state index < -0.39 is 0 Å². The SMILES string of the molecule is COc1ccc(-c2nc3ccccc3n2C(C(=O)N(c2ccccc2)C2CCCCC2)C2CCCC2)c(OC)c1. The smallest absolute Gasteiger partial charge is 0.250 e. The molecule has 1 atom stereocenters. The van der Waals surface area contributed by atoms with Crippen LogP contribution in [0.4, 0.5) is 5.69 Å². The number of hydrogen-bond donors (Lipinski definition) is 0. The van der Waals surface area contributed by atoms with E-state index in [1.54, 1.807) is 14.2 Å². The van der Waals surface area contributed by atoms with Crippen LogP contribution in [0.2, 0.25) is 0 Å². The van der Waals surface area contributed by atoms with Gasteiger partial charge in [-0.15, -0.1) is 0 Å². The van der Waals surface area contributed by atoms with Gasteiger partial charge in [-0.1, -0.05) is 62.4 Å². The van der Waals surface area contributed by atoms with Gasteiger partial charge in [0.2, 0.25) is 0 Å². The molecule has 0 saturated heterocycles. The van der Waals surface area contributed by atoms with Crippen LogP contribution >= 0.6 is 0 Å².